The number of methoxy groups -OCH3 is 1. The molecule has 0 fully saturated rings. The van der Waals surface area contributed by atoms with Crippen LogP contribution in [0.2, 0.25) is 0 Å². The Morgan fingerprint density at radius 2 is 1.87 bits per heavy atom. The second-order valence-electron chi connectivity index (χ2n) is 4.95. The Labute approximate surface area is 140 Å². The van der Waals surface area contributed by atoms with Crippen molar-refractivity contribution in [3.8, 4) is 11.4 Å². The molecule has 0 N–H and O–H groups in total. The van der Waals surface area contributed by atoms with Crippen molar-refractivity contribution in [3.05, 3.63) is 24.3 Å². The molecule has 0 amide bonds. The first-order valence-corrected chi connectivity index (χ1v) is 8.53. The molecule has 0 unspecified atom stereocenters. The van der Waals surface area contributed by atoms with Gasteiger partial charge in [-0.15, -0.1) is 10.2 Å². The Balaban J connectivity index is 2.16. The largest absolute Gasteiger partial charge is 0.468 e. The van der Waals surface area contributed by atoms with Crippen LogP contribution < -0.4 is 4.90 Å². The van der Waals surface area contributed by atoms with Crippen LogP contribution in [0.25, 0.3) is 11.4 Å². The third-order valence-electron chi connectivity index (χ3n) is 3.64. The molecule has 2 aromatic rings. The maximum Gasteiger partial charge on any atom is 0.316 e. The molecule has 2 rings (SSSR count). The standard InChI is InChI=1S/C16H22N4O2S/c1-5-20(6-2)13-9-7-12(8-10-13)15-17-18-16(19(15)3)23-11-14(21)22-4/h7-10H,5-6,11H2,1-4H3. The zero-order chi connectivity index (χ0) is 16.8. The summed E-state index contributed by atoms with van der Waals surface area (Å²) in [7, 11) is 3.27. The fourth-order valence-electron chi connectivity index (χ4n) is 2.28. The van der Waals surface area contributed by atoms with Crippen molar-refractivity contribution in [1.82, 2.24) is 14.8 Å². The molecule has 0 saturated carbocycles. The van der Waals surface area contributed by atoms with Crippen LogP contribution in [0, 0.1) is 0 Å². The second-order valence-corrected chi connectivity index (χ2v) is 5.89. The molecular weight excluding hydrogens is 312 g/mol. The molecule has 6 nitrogen and oxygen atoms in total. The molecule has 124 valence electrons. The summed E-state index contributed by atoms with van der Waals surface area (Å²) in [6.45, 7) is 6.25. The summed E-state index contributed by atoms with van der Waals surface area (Å²) in [6, 6.07) is 8.29. The summed E-state index contributed by atoms with van der Waals surface area (Å²) < 4.78 is 6.53. The quantitative estimate of drug-likeness (QED) is 0.573. The predicted octanol–water partition coefficient (Wildman–Crippen LogP) is 2.59. The van der Waals surface area contributed by atoms with E-state index < -0.39 is 0 Å². The molecule has 0 saturated heterocycles. The van der Waals surface area contributed by atoms with Gasteiger partial charge >= 0.3 is 5.97 Å². The zero-order valence-electron chi connectivity index (χ0n) is 13.9. The first kappa shape index (κ1) is 17.3. The molecule has 0 spiro atoms. The van der Waals surface area contributed by atoms with Crippen molar-refractivity contribution in [2.75, 3.05) is 30.9 Å². The number of anilines is 1. The van der Waals surface area contributed by atoms with Gasteiger partial charge in [0.1, 0.15) is 0 Å². The van der Waals surface area contributed by atoms with E-state index in [1.165, 1.54) is 24.6 Å². The number of nitrogens with zero attached hydrogens (tertiary/aromatic N) is 4. The number of carbonyl (C=O) groups is 1. The monoisotopic (exact) mass is 334 g/mol. The van der Waals surface area contributed by atoms with Gasteiger partial charge in [-0.05, 0) is 38.1 Å². The Bertz CT molecular complexity index is 651. The number of esters is 1. The number of benzene rings is 1. The van der Waals surface area contributed by atoms with E-state index in [4.69, 9.17) is 0 Å². The molecule has 7 heteroatoms. The number of ether oxygens (including phenoxy) is 1. The lowest BCUT2D eigenvalue weighted by Gasteiger charge is -2.21. The third-order valence-corrected chi connectivity index (χ3v) is 4.63. The minimum Gasteiger partial charge on any atom is -0.468 e. The van der Waals surface area contributed by atoms with E-state index in [1.54, 1.807) is 0 Å². The van der Waals surface area contributed by atoms with Crippen LogP contribution in [0.3, 0.4) is 0 Å². The van der Waals surface area contributed by atoms with Crippen LogP contribution in [0.15, 0.2) is 29.4 Å². The van der Waals surface area contributed by atoms with Crippen LogP contribution >= 0.6 is 11.8 Å². The molecule has 0 aliphatic carbocycles. The summed E-state index contributed by atoms with van der Waals surface area (Å²) in [4.78, 5) is 13.5. The van der Waals surface area contributed by atoms with Gasteiger partial charge < -0.3 is 14.2 Å². The molecule has 1 heterocycles. The number of rotatable bonds is 7. The Kier molecular flexibility index (Phi) is 6.04. The molecule has 0 aliphatic rings. The first-order valence-electron chi connectivity index (χ1n) is 7.55. The number of hydrogen-bond acceptors (Lipinski definition) is 6. The zero-order valence-corrected chi connectivity index (χ0v) is 14.8. The molecule has 1 aromatic carbocycles. The molecule has 23 heavy (non-hydrogen) atoms. The fourth-order valence-corrected chi connectivity index (χ4v) is 3.03. The molecule has 1 aromatic heterocycles. The maximum atomic E-state index is 11.2. The highest BCUT2D eigenvalue weighted by Crippen LogP contribution is 2.25. The lowest BCUT2D eigenvalue weighted by atomic mass is 10.2. The summed E-state index contributed by atoms with van der Waals surface area (Å²) >= 11 is 1.32. The highest BCUT2D eigenvalue weighted by atomic mass is 32.2. The van der Waals surface area contributed by atoms with Gasteiger partial charge in [0.25, 0.3) is 0 Å². The van der Waals surface area contributed by atoms with Crippen LogP contribution in [0.1, 0.15) is 13.8 Å². The molecule has 0 bridgehead atoms. The van der Waals surface area contributed by atoms with Gasteiger partial charge in [0, 0.05) is 31.4 Å². The Hall–Kier alpha value is -2.02. The van der Waals surface area contributed by atoms with Gasteiger partial charge in [-0.2, -0.15) is 0 Å². The summed E-state index contributed by atoms with van der Waals surface area (Å²) in [5.41, 5.74) is 2.20. The average molecular weight is 334 g/mol. The summed E-state index contributed by atoms with van der Waals surface area (Å²) in [5.74, 6) is 0.732. The van der Waals surface area contributed by atoms with Crippen LogP contribution in [0.4, 0.5) is 5.69 Å². The maximum absolute atomic E-state index is 11.2. The number of hydrogen-bond donors (Lipinski definition) is 0. The second kappa shape index (κ2) is 8.01. The first-order chi connectivity index (χ1) is 11.1. The van der Waals surface area contributed by atoms with Gasteiger partial charge in [-0.3, -0.25) is 4.79 Å². The van der Waals surface area contributed by atoms with Gasteiger partial charge in [0.2, 0.25) is 0 Å². The van der Waals surface area contributed by atoms with Crippen molar-refractivity contribution < 1.29 is 9.53 Å². The third kappa shape index (κ3) is 4.04. The van der Waals surface area contributed by atoms with Gasteiger partial charge in [0.15, 0.2) is 11.0 Å². The molecule has 0 aliphatic heterocycles. The predicted molar refractivity (Wildman–Crippen MR) is 92.7 cm³/mol. The van der Waals surface area contributed by atoms with Gasteiger partial charge in [-0.25, -0.2) is 0 Å². The van der Waals surface area contributed by atoms with Crippen LogP contribution in [-0.2, 0) is 16.6 Å². The van der Waals surface area contributed by atoms with E-state index in [9.17, 15) is 4.79 Å². The fraction of sp³-hybridized carbons (Fsp3) is 0.438. The number of thioether (sulfide) groups is 1. The van der Waals surface area contributed by atoms with Gasteiger partial charge in [0.05, 0.1) is 12.9 Å². The molecular formula is C16H22N4O2S. The number of aromatic nitrogens is 3. The lowest BCUT2D eigenvalue weighted by molar-refractivity contribution is -0.137. The minimum atomic E-state index is -0.275. The average Bonchev–Trinajstić information content (AvgIpc) is 2.95. The highest BCUT2D eigenvalue weighted by Gasteiger charge is 2.13. The van der Waals surface area contributed by atoms with E-state index in [2.05, 4.69) is 45.8 Å². The van der Waals surface area contributed by atoms with E-state index in [-0.39, 0.29) is 11.7 Å². The van der Waals surface area contributed by atoms with E-state index in [0.717, 1.165) is 24.5 Å². The summed E-state index contributed by atoms with van der Waals surface area (Å²) in [6.07, 6.45) is 0. The smallest absolute Gasteiger partial charge is 0.316 e. The minimum absolute atomic E-state index is 0.226. The number of carbonyl (C=O) groups excluding carboxylic acids is 1. The Morgan fingerprint density at radius 3 is 2.43 bits per heavy atom. The van der Waals surface area contributed by atoms with Crippen molar-refractivity contribution in [2.45, 2.75) is 19.0 Å². The Morgan fingerprint density at radius 1 is 1.22 bits per heavy atom. The topological polar surface area (TPSA) is 60.3 Å². The van der Waals surface area contributed by atoms with Crippen LogP contribution in [0.5, 0.6) is 0 Å². The van der Waals surface area contributed by atoms with Crippen molar-refractivity contribution in [2.24, 2.45) is 7.05 Å². The van der Waals surface area contributed by atoms with E-state index in [1.807, 2.05) is 23.7 Å². The van der Waals surface area contributed by atoms with Crippen molar-refractivity contribution in [1.29, 1.82) is 0 Å². The van der Waals surface area contributed by atoms with E-state index in [0.29, 0.717) is 5.16 Å². The summed E-state index contributed by atoms with van der Waals surface area (Å²) in [5, 5.41) is 9.07. The molecule has 0 radical (unpaired) electrons. The van der Waals surface area contributed by atoms with E-state index >= 15 is 0 Å². The SMILES string of the molecule is CCN(CC)c1ccc(-c2nnc(SCC(=O)OC)n2C)cc1. The van der Waals surface area contributed by atoms with Crippen molar-refractivity contribution >= 4 is 23.4 Å². The van der Waals surface area contributed by atoms with Crippen LogP contribution in [-0.4, -0.2) is 46.7 Å². The van der Waals surface area contributed by atoms with Crippen molar-refractivity contribution in [3.63, 3.8) is 0 Å². The lowest BCUT2D eigenvalue weighted by Crippen LogP contribution is -2.21. The molecule has 0 atom stereocenters. The highest BCUT2D eigenvalue weighted by molar-refractivity contribution is 7.99. The normalized spacial score (nSPS) is 10.6. The van der Waals surface area contributed by atoms with Gasteiger partial charge in [-0.1, -0.05) is 11.8 Å².